The van der Waals surface area contributed by atoms with Gasteiger partial charge < -0.3 is 9.84 Å². The van der Waals surface area contributed by atoms with Gasteiger partial charge in [0.25, 0.3) is 0 Å². The largest absolute Gasteiger partial charge is 0.493 e. The molecule has 0 unspecified atom stereocenters. The number of hydrogen-bond acceptors (Lipinski definition) is 4. The van der Waals surface area contributed by atoms with E-state index in [2.05, 4.69) is 0 Å². The van der Waals surface area contributed by atoms with E-state index in [4.69, 9.17) is 15.0 Å². The predicted molar refractivity (Wildman–Crippen MR) is 78.9 cm³/mol. The van der Waals surface area contributed by atoms with Gasteiger partial charge >= 0.3 is 5.97 Å². The normalized spacial score (nSPS) is 11.4. The van der Waals surface area contributed by atoms with E-state index in [0.717, 1.165) is 18.4 Å². The lowest BCUT2D eigenvalue weighted by Crippen LogP contribution is -2.14. The highest BCUT2D eigenvalue weighted by atomic mass is 32.2. The molecule has 1 aromatic rings. The van der Waals surface area contributed by atoms with Gasteiger partial charge in [0.15, 0.2) is 0 Å². The summed E-state index contributed by atoms with van der Waals surface area (Å²) >= 11 is 0. The zero-order valence-electron chi connectivity index (χ0n) is 12.3. The SMILES string of the molecule is Cc1c(OCCCCCC(=O)O)ccc(S(N)(=O)=O)c1C. The minimum absolute atomic E-state index is 0.105. The lowest BCUT2D eigenvalue weighted by atomic mass is 10.1. The smallest absolute Gasteiger partial charge is 0.303 e. The van der Waals surface area contributed by atoms with Gasteiger partial charge in [-0.25, -0.2) is 13.6 Å². The van der Waals surface area contributed by atoms with E-state index in [0.29, 0.717) is 24.3 Å². The van der Waals surface area contributed by atoms with Crippen LogP contribution in [0, 0.1) is 13.8 Å². The molecule has 0 atom stereocenters. The highest BCUT2D eigenvalue weighted by molar-refractivity contribution is 7.89. The number of rotatable bonds is 8. The van der Waals surface area contributed by atoms with Crippen LogP contribution in [0.3, 0.4) is 0 Å². The minimum Gasteiger partial charge on any atom is -0.493 e. The third kappa shape index (κ3) is 5.35. The van der Waals surface area contributed by atoms with Crippen LogP contribution in [0.5, 0.6) is 5.75 Å². The molecular weight excluding hydrogens is 294 g/mol. The van der Waals surface area contributed by atoms with E-state index in [1.165, 1.54) is 6.07 Å². The van der Waals surface area contributed by atoms with Crippen molar-refractivity contribution in [3.8, 4) is 5.75 Å². The first-order valence-electron chi connectivity index (χ1n) is 6.71. The first-order valence-corrected chi connectivity index (χ1v) is 8.25. The molecule has 1 rings (SSSR count). The highest BCUT2D eigenvalue weighted by Gasteiger charge is 2.15. The maximum Gasteiger partial charge on any atom is 0.303 e. The number of nitrogens with two attached hydrogens (primary N) is 1. The molecule has 0 aliphatic heterocycles. The Hall–Kier alpha value is -1.60. The van der Waals surface area contributed by atoms with E-state index in [-0.39, 0.29) is 11.3 Å². The molecule has 7 heteroatoms. The number of unbranched alkanes of at least 4 members (excludes halogenated alkanes) is 2. The summed E-state index contributed by atoms with van der Waals surface area (Å²) in [6.45, 7) is 3.94. The Morgan fingerprint density at radius 2 is 1.86 bits per heavy atom. The number of ether oxygens (including phenoxy) is 1. The molecule has 0 saturated heterocycles. The van der Waals surface area contributed by atoms with Crippen molar-refractivity contribution in [2.75, 3.05) is 6.61 Å². The summed E-state index contributed by atoms with van der Waals surface area (Å²) in [6, 6.07) is 3.04. The van der Waals surface area contributed by atoms with E-state index in [1.807, 2.05) is 0 Å². The van der Waals surface area contributed by atoms with Crippen molar-refractivity contribution in [1.82, 2.24) is 0 Å². The summed E-state index contributed by atoms with van der Waals surface area (Å²) in [5.74, 6) is -0.167. The van der Waals surface area contributed by atoms with Crippen molar-refractivity contribution in [3.63, 3.8) is 0 Å². The number of aliphatic carboxylic acids is 1. The van der Waals surface area contributed by atoms with Crippen LogP contribution in [0.15, 0.2) is 17.0 Å². The molecule has 0 spiro atoms. The Balaban J connectivity index is 2.58. The molecular formula is C14H21NO5S. The molecule has 0 amide bonds. The van der Waals surface area contributed by atoms with Crippen molar-refractivity contribution in [1.29, 1.82) is 0 Å². The van der Waals surface area contributed by atoms with E-state index < -0.39 is 16.0 Å². The Kier molecular flexibility index (Phi) is 6.17. The molecule has 3 N–H and O–H groups in total. The first-order chi connectivity index (χ1) is 9.73. The van der Waals surface area contributed by atoms with Gasteiger partial charge in [-0.3, -0.25) is 4.79 Å². The second-order valence-electron chi connectivity index (χ2n) is 4.91. The Bertz CT molecular complexity index is 610. The lowest BCUT2D eigenvalue weighted by molar-refractivity contribution is -0.137. The maximum atomic E-state index is 11.4. The lowest BCUT2D eigenvalue weighted by Gasteiger charge is -2.13. The number of carbonyl (C=O) groups is 1. The predicted octanol–water partition coefficient (Wildman–Crippen LogP) is 1.97. The van der Waals surface area contributed by atoms with Gasteiger partial charge in [0.2, 0.25) is 10.0 Å². The zero-order chi connectivity index (χ0) is 16.0. The molecule has 0 aromatic heterocycles. The molecule has 0 fully saturated rings. The number of carboxylic acids is 1. The van der Waals surface area contributed by atoms with Gasteiger partial charge in [-0.1, -0.05) is 0 Å². The van der Waals surface area contributed by atoms with Gasteiger partial charge in [0.1, 0.15) is 5.75 Å². The summed E-state index contributed by atoms with van der Waals surface area (Å²) in [6.07, 6.45) is 2.32. The zero-order valence-corrected chi connectivity index (χ0v) is 13.1. The van der Waals surface area contributed by atoms with Crippen molar-refractivity contribution < 1.29 is 23.1 Å². The number of carboxylic acid groups (broad SMARTS) is 1. The van der Waals surface area contributed by atoms with Gasteiger partial charge in [-0.05, 0) is 56.4 Å². The number of benzene rings is 1. The number of primary sulfonamides is 1. The van der Waals surface area contributed by atoms with E-state index in [9.17, 15) is 13.2 Å². The molecule has 0 bridgehead atoms. The van der Waals surface area contributed by atoms with Crippen molar-refractivity contribution in [2.45, 2.75) is 44.4 Å². The third-order valence-corrected chi connectivity index (χ3v) is 4.34. The van der Waals surface area contributed by atoms with Gasteiger partial charge in [-0.2, -0.15) is 0 Å². The van der Waals surface area contributed by atoms with Crippen molar-refractivity contribution in [2.24, 2.45) is 5.14 Å². The molecule has 21 heavy (non-hydrogen) atoms. The second kappa shape index (κ2) is 7.42. The fourth-order valence-corrected chi connectivity index (χ4v) is 2.81. The first kappa shape index (κ1) is 17.5. The van der Waals surface area contributed by atoms with Crippen LogP contribution in [0.25, 0.3) is 0 Å². The fourth-order valence-electron chi connectivity index (χ4n) is 1.97. The van der Waals surface area contributed by atoms with Crippen molar-refractivity contribution >= 4 is 16.0 Å². The molecule has 0 aliphatic carbocycles. The van der Waals surface area contributed by atoms with Crippen LogP contribution >= 0.6 is 0 Å². The van der Waals surface area contributed by atoms with Crippen LogP contribution in [0.1, 0.15) is 36.8 Å². The third-order valence-electron chi connectivity index (χ3n) is 3.29. The highest BCUT2D eigenvalue weighted by Crippen LogP contribution is 2.26. The molecule has 1 aromatic carbocycles. The maximum absolute atomic E-state index is 11.4. The standard InChI is InChI=1S/C14H21NO5S/c1-10-11(2)13(21(15,18)19)8-7-12(10)20-9-5-3-4-6-14(16)17/h7-8H,3-6,9H2,1-2H3,(H,16,17)(H2,15,18,19). The summed E-state index contributed by atoms with van der Waals surface area (Å²) in [7, 11) is -3.72. The van der Waals surface area contributed by atoms with Gasteiger partial charge in [-0.15, -0.1) is 0 Å². The summed E-state index contributed by atoms with van der Waals surface area (Å²) in [4.78, 5) is 10.5. The topological polar surface area (TPSA) is 107 Å². The van der Waals surface area contributed by atoms with Crippen molar-refractivity contribution in [3.05, 3.63) is 23.3 Å². The van der Waals surface area contributed by atoms with Crippen LogP contribution < -0.4 is 9.88 Å². The average Bonchev–Trinajstić information content (AvgIpc) is 2.36. The summed E-state index contributed by atoms with van der Waals surface area (Å²) in [5.41, 5.74) is 1.33. The Morgan fingerprint density at radius 1 is 1.19 bits per heavy atom. The summed E-state index contributed by atoms with van der Waals surface area (Å²) in [5, 5.41) is 13.7. The summed E-state index contributed by atoms with van der Waals surface area (Å²) < 4.78 is 28.4. The van der Waals surface area contributed by atoms with Crippen LogP contribution in [0.2, 0.25) is 0 Å². The van der Waals surface area contributed by atoms with Crippen LogP contribution in [0.4, 0.5) is 0 Å². The van der Waals surface area contributed by atoms with Gasteiger partial charge in [0.05, 0.1) is 11.5 Å². The second-order valence-corrected chi connectivity index (χ2v) is 6.44. The van der Waals surface area contributed by atoms with Crippen LogP contribution in [-0.2, 0) is 14.8 Å². The van der Waals surface area contributed by atoms with E-state index >= 15 is 0 Å². The Morgan fingerprint density at radius 3 is 2.43 bits per heavy atom. The number of hydrogen-bond donors (Lipinski definition) is 2. The van der Waals surface area contributed by atoms with Crippen LogP contribution in [-0.4, -0.2) is 26.1 Å². The molecule has 0 aliphatic rings. The fraction of sp³-hybridized carbons (Fsp3) is 0.500. The monoisotopic (exact) mass is 315 g/mol. The van der Waals surface area contributed by atoms with Gasteiger partial charge in [0, 0.05) is 6.42 Å². The average molecular weight is 315 g/mol. The number of sulfonamides is 1. The molecule has 6 nitrogen and oxygen atoms in total. The molecule has 0 radical (unpaired) electrons. The molecule has 118 valence electrons. The van der Waals surface area contributed by atoms with E-state index in [1.54, 1.807) is 19.9 Å². The minimum atomic E-state index is -3.72. The molecule has 0 heterocycles. The molecule has 0 saturated carbocycles. The quantitative estimate of drug-likeness (QED) is 0.713. The Labute approximate surface area is 125 Å².